The lowest BCUT2D eigenvalue weighted by atomic mass is 10.1. The van der Waals surface area contributed by atoms with Gasteiger partial charge in [-0.3, -0.25) is 9.52 Å². The van der Waals surface area contributed by atoms with Crippen LogP contribution in [0.5, 0.6) is 0 Å². The average Bonchev–Trinajstić information content (AvgIpc) is 2.68. The van der Waals surface area contributed by atoms with Gasteiger partial charge in [0.1, 0.15) is 11.3 Å². The molecule has 1 heterocycles. The first-order valence-corrected chi connectivity index (χ1v) is 7.26. The Kier molecular flexibility index (Phi) is 3.13. The molecule has 1 atom stereocenters. The summed E-state index contributed by atoms with van der Waals surface area (Å²) in [4.78, 5) is 11.7. The fraction of sp³-hybridized carbons (Fsp3) is 0.250. The fourth-order valence-corrected chi connectivity index (χ4v) is 2.16. The lowest BCUT2D eigenvalue weighted by molar-refractivity contribution is -0.120. The minimum absolute atomic E-state index is 0.442. The van der Waals surface area contributed by atoms with Gasteiger partial charge in [-0.05, 0) is 19.1 Å². The van der Waals surface area contributed by atoms with Gasteiger partial charge in [0.05, 0.1) is 12.2 Å². The maximum atomic E-state index is 11.7. The second-order valence-corrected chi connectivity index (χ2v) is 5.90. The van der Waals surface area contributed by atoms with Crippen LogP contribution < -0.4 is 4.72 Å². The highest BCUT2D eigenvalue weighted by molar-refractivity contribution is 7.89. The number of benzene rings is 1. The number of fused-ring (bicyclic) bond motifs is 1. The molecule has 2 aromatic rings. The molecule has 1 aromatic heterocycles. The molecule has 5 nitrogen and oxygen atoms in total. The van der Waals surface area contributed by atoms with E-state index in [1.165, 1.54) is 0 Å². The monoisotopic (exact) mass is 267 g/mol. The molecule has 2 rings (SSSR count). The summed E-state index contributed by atoms with van der Waals surface area (Å²) in [6, 6.07) is 9.09. The molecule has 0 bridgehead atoms. The third-order valence-electron chi connectivity index (χ3n) is 2.55. The van der Waals surface area contributed by atoms with E-state index in [-0.39, 0.29) is 0 Å². The summed E-state index contributed by atoms with van der Waals surface area (Å²) in [6.07, 6.45) is 0.941. The van der Waals surface area contributed by atoms with Gasteiger partial charge < -0.3 is 4.42 Å². The van der Waals surface area contributed by atoms with Crippen LogP contribution in [-0.2, 0) is 14.8 Å². The van der Waals surface area contributed by atoms with Crippen molar-refractivity contribution in [1.29, 1.82) is 0 Å². The van der Waals surface area contributed by atoms with Crippen molar-refractivity contribution >= 4 is 26.9 Å². The van der Waals surface area contributed by atoms with Crippen LogP contribution in [0.2, 0.25) is 0 Å². The average molecular weight is 267 g/mol. The van der Waals surface area contributed by atoms with Crippen LogP contribution in [0.25, 0.3) is 11.0 Å². The molecule has 1 amide bonds. The van der Waals surface area contributed by atoms with Crippen LogP contribution in [-0.4, -0.2) is 20.6 Å². The van der Waals surface area contributed by atoms with Crippen molar-refractivity contribution in [3.05, 3.63) is 36.1 Å². The van der Waals surface area contributed by atoms with E-state index in [9.17, 15) is 13.2 Å². The highest BCUT2D eigenvalue weighted by Gasteiger charge is 2.21. The van der Waals surface area contributed by atoms with E-state index in [1.807, 2.05) is 22.9 Å². The summed E-state index contributed by atoms with van der Waals surface area (Å²) in [6.45, 7) is 1.60. The van der Waals surface area contributed by atoms with Crippen molar-refractivity contribution in [3.63, 3.8) is 0 Å². The Balaban J connectivity index is 2.28. The predicted octanol–water partition coefficient (Wildman–Crippen LogP) is 1.61. The Morgan fingerprint density at radius 1 is 1.33 bits per heavy atom. The lowest BCUT2D eigenvalue weighted by Gasteiger charge is -2.07. The molecular weight excluding hydrogens is 254 g/mol. The number of hydrogen-bond acceptors (Lipinski definition) is 4. The highest BCUT2D eigenvalue weighted by atomic mass is 32.2. The topological polar surface area (TPSA) is 76.4 Å². The van der Waals surface area contributed by atoms with Gasteiger partial charge in [-0.2, -0.15) is 0 Å². The number of carbonyl (C=O) groups is 1. The Bertz CT molecular complexity index is 654. The smallest absolute Gasteiger partial charge is 0.243 e. The molecule has 0 aliphatic carbocycles. The summed E-state index contributed by atoms with van der Waals surface area (Å²) in [5.74, 6) is -0.818. The molecule has 1 N–H and O–H groups in total. The van der Waals surface area contributed by atoms with Crippen LogP contribution in [0.4, 0.5) is 0 Å². The minimum atomic E-state index is -3.55. The number of nitrogens with one attached hydrogen (secondary N) is 1. The van der Waals surface area contributed by atoms with Crippen molar-refractivity contribution in [2.75, 3.05) is 6.26 Å². The van der Waals surface area contributed by atoms with Crippen LogP contribution in [0.3, 0.4) is 0 Å². The molecule has 0 aliphatic heterocycles. The lowest BCUT2D eigenvalue weighted by Crippen LogP contribution is -2.32. The second-order valence-electron chi connectivity index (χ2n) is 4.15. The first-order chi connectivity index (χ1) is 8.37. The van der Waals surface area contributed by atoms with Crippen LogP contribution in [0, 0.1) is 0 Å². The zero-order valence-corrected chi connectivity index (χ0v) is 10.8. The Morgan fingerprint density at radius 2 is 2.00 bits per heavy atom. The van der Waals surface area contributed by atoms with E-state index in [0.717, 1.165) is 11.6 Å². The van der Waals surface area contributed by atoms with E-state index in [2.05, 4.69) is 0 Å². The summed E-state index contributed by atoms with van der Waals surface area (Å²) < 4.78 is 29.4. The maximum Gasteiger partial charge on any atom is 0.243 e. The first-order valence-electron chi connectivity index (χ1n) is 5.37. The van der Waals surface area contributed by atoms with E-state index in [1.54, 1.807) is 19.1 Å². The standard InChI is InChI=1S/C12H13NO4S/c1-8(12(14)13-18(2,15)16)11-7-9-5-3-4-6-10(9)17-11/h3-8H,1-2H3,(H,13,14). The Hall–Kier alpha value is -1.82. The zero-order chi connectivity index (χ0) is 13.3. The van der Waals surface area contributed by atoms with Gasteiger partial charge in [-0.25, -0.2) is 8.42 Å². The van der Waals surface area contributed by atoms with Crippen LogP contribution >= 0.6 is 0 Å². The number of amides is 1. The summed E-state index contributed by atoms with van der Waals surface area (Å²) in [5.41, 5.74) is 0.673. The Morgan fingerprint density at radius 3 is 2.61 bits per heavy atom. The van der Waals surface area contributed by atoms with Crippen LogP contribution in [0.1, 0.15) is 18.6 Å². The van der Waals surface area contributed by atoms with Gasteiger partial charge in [0, 0.05) is 5.39 Å². The Labute approximate surface area is 105 Å². The molecular formula is C12H13NO4S. The van der Waals surface area contributed by atoms with Crippen molar-refractivity contribution in [2.45, 2.75) is 12.8 Å². The maximum absolute atomic E-state index is 11.7. The first kappa shape index (κ1) is 12.6. The zero-order valence-electron chi connectivity index (χ0n) is 10.0. The van der Waals surface area contributed by atoms with Gasteiger partial charge in [-0.15, -0.1) is 0 Å². The molecule has 0 saturated heterocycles. The third kappa shape index (κ3) is 2.70. The van der Waals surface area contributed by atoms with Gasteiger partial charge >= 0.3 is 0 Å². The molecule has 1 aromatic carbocycles. The molecule has 6 heteroatoms. The number of rotatable bonds is 3. The quantitative estimate of drug-likeness (QED) is 0.916. The number of sulfonamides is 1. The molecule has 1 unspecified atom stereocenters. The van der Waals surface area contributed by atoms with Crippen molar-refractivity contribution in [2.24, 2.45) is 0 Å². The molecule has 96 valence electrons. The number of furan rings is 1. The SMILES string of the molecule is CC(C(=O)NS(C)(=O)=O)c1cc2ccccc2o1. The van der Waals surface area contributed by atoms with Gasteiger partial charge in [0.15, 0.2) is 0 Å². The molecule has 0 aliphatic rings. The largest absolute Gasteiger partial charge is 0.460 e. The van der Waals surface area contributed by atoms with Crippen molar-refractivity contribution < 1.29 is 17.6 Å². The molecule has 0 saturated carbocycles. The fourth-order valence-electron chi connectivity index (χ4n) is 1.62. The summed E-state index contributed by atoms with van der Waals surface area (Å²) in [5, 5.41) is 0.881. The number of carbonyl (C=O) groups excluding carboxylic acids is 1. The molecule has 18 heavy (non-hydrogen) atoms. The normalized spacial score (nSPS) is 13.4. The van der Waals surface area contributed by atoms with E-state index in [0.29, 0.717) is 11.3 Å². The number of para-hydroxylation sites is 1. The predicted molar refractivity (Wildman–Crippen MR) is 67.6 cm³/mol. The van der Waals surface area contributed by atoms with Gasteiger partial charge in [0.25, 0.3) is 0 Å². The minimum Gasteiger partial charge on any atom is -0.460 e. The van der Waals surface area contributed by atoms with Gasteiger partial charge in [-0.1, -0.05) is 18.2 Å². The summed E-state index contributed by atoms with van der Waals surface area (Å²) in [7, 11) is -3.55. The van der Waals surface area contributed by atoms with Gasteiger partial charge in [0.2, 0.25) is 15.9 Å². The third-order valence-corrected chi connectivity index (χ3v) is 3.12. The summed E-state index contributed by atoms with van der Waals surface area (Å²) >= 11 is 0. The number of hydrogen-bond donors (Lipinski definition) is 1. The molecule has 0 spiro atoms. The van der Waals surface area contributed by atoms with E-state index in [4.69, 9.17) is 4.42 Å². The van der Waals surface area contributed by atoms with Crippen molar-refractivity contribution in [3.8, 4) is 0 Å². The van der Waals surface area contributed by atoms with E-state index >= 15 is 0 Å². The van der Waals surface area contributed by atoms with Crippen molar-refractivity contribution in [1.82, 2.24) is 4.72 Å². The molecule has 0 fully saturated rings. The molecule has 0 radical (unpaired) electrons. The van der Waals surface area contributed by atoms with E-state index < -0.39 is 21.8 Å². The van der Waals surface area contributed by atoms with Crippen LogP contribution in [0.15, 0.2) is 34.7 Å². The highest BCUT2D eigenvalue weighted by Crippen LogP contribution is 2.24. The second kappa shape index (κ2) is 4.45.